The van der Waals surface area contributed by atoms with Gasteiger partial charge in [0.1, 0.15) is 0 Å². The number of anilines is 1. The third-order valence-electron chi connectivity index (χ3n) is 3.44. The minimum Gasteiger partial charge on any atom is -0.461 e. The second-order valence-corrected chi connectivity index (χ2v) is 6.13. The lowest BCUT2D eigenvalue weighted by atomic mass is 10.3. The van der Waals surface area contributed by atoms with E-state index in [-0.39, 0.29) is 5.97 Å². The molecule has 0 N–H and O–H groups in total. The first-order chi connectivity index (χ1) is 9.65. The largest absolute Gasteiger partial charge is 0.461 e. The van der Waals surface area contributed by atoms with Gasteiger partial charge in [0.25, 0.3) is 0 Å². The number of piperazine rings is 1. The highest BCUT2D eigenvalue weighted by Crippen LogP contribution is 2.27. The lowest BCUT2D eigenvalue weighted by molar-refractivity contribution is 0.0519. The molecule has 0 unspecified atom stereocenters. The SMILES string of the molecule is CCCN1CCN(c2nc(C(=O)OCC)c(C)s2)CC1. The number of aromatic nitrogens is 1. The Morgan fingerprint density at radius 1 is 1.30 bits per heavy atom. The van der Waals surface area contributed by atoms with Gasteiger partial charge >= 0.3 is 5.97 Å². The molecular weight excluding hydrogens is 274 g/mol. The van der Waals surface area contributed by atoms with E-state index in [4.69, 9.17) is 4.74 Å². The van der Waals surface area contributed by atoms with Crippen LogP contribution in [0, 0.1) is 6.92 Å². The minimum absolute atomic E-state index is 0.308. The van der Waals surface area contributed by atoms with Crippen LogP contribution in [0.4, 0.5) is 5.13 Å². The summed E-state index contributed by atoms with van der Waals surface area (Å²) in [6.45, 7) is 11.6. The molecule has 0 saturated carbocycles. The van der Waals surface area contributed by atoms with Crippen LogP contribution in [0.3, 0.4) is 0 Å². The summed E-state index contributed by atoms with van der Waals surface area (Å²) in [6, 6.07) is 0. The molecule has 1 fully saturated rings. The summed E-state index contributed by atoms with van der Waals surface area (Å²) in [5.41, 5.74) is 0.475. The molecule has 1 aliphatic heterocycles. The Morgan fingerprint density at radius 2 is 2.00 bits per heavy atom. The molecule has 1 aliphatic rings. The Kier molecular flexibility index (Phi) is 5.37. The summed E-state index contributed by atoms with van der Waals surface area (Å²) in [5.74, 6) is -0.308. The molecule has 112 valence electrons. The van der Waals surface area contributed by atoms with E-state index in [9.17, 15) is 4.79 Å². The fourth-order valence-electron chi connectivity index (χ4n) is 2.39. The van der Waals surface area contributed by atoms with Gasteiger partial charge in [-0.25, -0.2) is 9.78 Å². The van der Waals surface area contributed by atoms with Crippen LogP contribution in [-0.4, -0.2) is 55.2 Å². The van der Waals surface area contributed by atoms with Crippen LogP contribution in [0.2, 0.25) is 0 Å². The number of esters is 1. The Labute approximate surface area is 124 Å². The highest BCUT2D eigenvalue weighted by Gasteiger charge is 2.22. The van der Waals surface area contributed by atoms with E-state index in [2.05, 4.69) is 21.7 Å². The maximum Gasteiger partial charge on any atom is 0.358 e. The molecule has 1 saturated heterocycles. The first kappa shape index (κ1) is 15.3. The maximum atomic E-state index is 11.8. The van der Waals surface area contributed by atoms with E-state index in [1.54, 1.807) is 11.3 Å². The molecule has 1 aromatic rings. The highest BCUT2D eigenvalue weighted by atomic mass is 32.1. The van der Waals surface area contributed by atoms with E-state index >= 15 is 0 Å². The summed E-state index contributed by atoms with van der Waals surface area (Å²) < 4.78 is 5.04. The summed E-state index contributed by atoms with van der Waals surface area (Å²) in [4.78, 5) is 22.0. The average molecular weight is 297 g/mol. The van der Waals surface area contributed by atoms with Crippen molar-refractivity contribution in [3.63, 3.8) is 0 Å². The Morgan fingerprint density at radius 3 is 2.60 bits per heavy atom. The van der Waals surface area contributed by atoms with Gasteiger partial charge in [-0.05, 0) is 26.8 Å². The normalized spacial score (nSPS) is 16.4. The van der Waals surface area contributed by atoms with Gasteiger partial charge in [0, 0.05) is 31.1 Å². The van der Waals surface area contributed by atoms with Crippen LogP contribution in [-0.2, 0) is 4.74 Å². The molecule has 0 radical (unpaired) electrons. The van der Waals surface area contributed by atoms with Crippen LogP contribution in [0.25, 0.3) is 0 Å². The molecule has 2 heterocycles. The van der Waals surface area contributed by atoms with Gasteiger partial charge in [-0.3, -0.25) is 4.90 Å². The number of carbonyl (C=O) groups excluding carboxylic acids is 1. The topological polar surface area (TPSA) is 45.7 Å². The molecule has 2 rings (SSSR count). The molecule has 20 heavy (non-hydrogen) atoms. The van der Waals surface area contributed by atoms with Crippen molar-refractivity contribution >= 4 is 22.4 Å². The van der Waals surface area contributed by atoms with Gasteiger partial charge in [0.2, 0.25) is 0 Å². The molecule has 6 heteroatoms. The summed E-state index contributed by atoms with van der Waals surface area (Å²) in [5, 5.41) is 0.946. The fourth-order valence-corrected chi connectivity index (χ4v) is 3.33. The predicted octanol–water partition coefficient (Wildman–Crippen LogP) is 2.16. The first-order valence-corrected chi connectivity index (χ1v) is 8.09. The molecule has 1 aromatic heterocycles. The molecule has 0 amide bonds. The van der Waals surface area contributed by atoms with Gasteiger partial charge in [-0.2, -0.15) is 0 Å². The number of carbonyl (C=O) groups is 1. The number of rotatable bonds is 5. The zero-order chi connectivity index (χ0) is 14.5. The van der Waals surface area contributed by atoms with Gasteiger partial charge in [0.15, 0.2) is 10.8 Å². The highest BCUT2D eigenvalue weighted by molar-refractivity contribution is 7.15. The Bertz CT molecular complexity index is 453. The van der Waals surface area contributed by atoms with Crippen molar-refractivity contribution in [1.29, 1.82) is 0 Å². The van der Waals surface area contributed by atoms with E-state index in [1.807, 2.05) is 13.8 Å². The maximum absolute atomic E-state index is 11.8. The van der Waals surface area contributed by atoms with Crippen LogP contribution >= 0.6 is 11.3 Å². The third-order valence-corrected chi connectivity index (χ3v) is 4.47. The summed E-state index contributed by atoms with van der Waals surface area (Å²) in [7, 11) is 0. The lowest BCUT2D eigenvalue weighted by Crippen LogP contribution is -2.46. The molecular formula is C14H23N3O2S. The average Bonchev–Trinajstić information content (AvgIpc) is 2.82. The van der Waals surface area contributed by atoms with Crippen molar-refractivity contribution in [2.45, 2.75) is 27.2 Å². The molecule has 0 aromatic carbocycles. The van der Waals surface area contributed by atoms with E-state index in [1.165, 1.54) is 13.0 Å². The monoisotopic (exact) mass is 297 g/mol. The second kappa shape index (κ2) is 7.04. The predicted molar refractivity (Wildman–Crippen MR) is 81.8 cm³/mol. The fraction of sp³-hybridized carbons (Fsp3) is 0.714. The van der Waals surface area contributed by atoms with Gasteiger partial charge in [-0.1, -0.05) is 6.92 Å². The van der Waals surface area contributed by atoms with Crippen molar-refractivity contribution < 1.29 is 9.53 Å². The molecule has 0 aliphatic carbocycles. The van der Waals surface area contributed by atoms with Gasteiger partial charge in [-0.15, -0.1) is 11.3 Å². The third kappa shape index (κ3) is 3.49. The van der Waals surface area contributed by atoms with E-state index in [0.717, 1.165) is 36.2 Å². The number of thiazole rings is 1. The zero-order valence-electron chi connectivity index (χ0n) is 12.5. The molecule has 0 spiro atoms. The Balaban J connectivity index is 2.00. The number of aryl methyl sites for hydroxylation is 1. The van der Waals surface area contributed by atoms with Crippen molar-refractivity contribution in [3.05, 3.63) is 10.6 Å². The standard InChI is InChI=1S/C14H23N3O2S/c1-4-6-16-7-9-17(10-8-16)14-15-12(11(3)20-14)13(18)19-5-2/h4-10H2,1-3H3. The molecule has 0 bridgehead atoms. The van der Waals surface area contributed by atoms with Crippen molar-refractivity contribution in [1.82, 2.24) is 9.88 Å². The number of nitrogens with zero attached hydrogens (tertiary/aromatic N) is 3. The van der Waals surface area contributed by atoms with E-state index in [0.29, 0.717) is 12.3 Å². The van der Waals surface area contributed by atoms with Crippen LogP contribution in [0.1, 0.15) is 35.6 Å². The van der Waals surface area contributed by atoms with Crippen LogP contribution in [0.5, 0.6) is 0 Å². The first-order valence-electron chi connectivity index (χ1n) is 7.27. The van der Waals surface area contributed by atoms with Gasteiger partial charge < -0.3 is 9.64 Å². The van der Waals surface area contributed by atoms with E-state index < -0.39 is 0 Å². The summed E-state index contributed by atoms with van der Waals surface area (Å²) >= 11 is 1.59. The smallest absolute Gasteiger partial charge is 0.358 e. The number of ether oxygens (including phenoxy) is 1. The summed E-state index contributed by atoms with van der Waals surface area (Å²) in [6.07, 6.45) is 1.20. The Hall–Kier alpha value is -1.14. The quantitative estimate of drug-likeness (QED) is 0.779. The van der Waals surface area contributed by atoms with Crippen molar-refractivity contribution in [2.75, 3.05) is 44.2 Å². The lowest BCUT2D eigenvalue weighted by Gasteiger charge is -2.34. The molecule has 0 atom stereocenters. The van der Waals surface area contributed by atoms with Crippen LogP contribution < -0.4 is 4.90 Å². The zero-order valence-corrected chi connectivity index (χ0v) is 13.3. The van der Waals surface area contributed by atoms with Crippen molar-refractivity contribution in [3.8, 4) is 0 Å². The van der Waals surface area contributed by atoms with Crippen molar-refractivity contribution in [2.24, 2.45) is 0 Å². The van der Waals surface area contributed by atoms with Crippen LogP contribution in [0.15, 0.2) is 0 Å². The minimum atomic E-state index is -0.308. The van der Waals surface area contributed by atoms with Gasteiger partial charge in [0.05, 0.1) is 6.61 Å². The number of hydrogen-bond acceptors (Lipinski definition) is 6. The molecule has 5 nitrogen and oxygen atoms in total. The number of hydrogen-bond donors (Lipinski definition) is 0. The second-order valence-electron chi connectivity index (χ2n) is 4.95.